The molecule has 2 aromatic rings. The van der Waals surface area contributed by atoms with Gasteiger partial charge in [-0.3, -0.25) is 4.79 Å². The highest BCUT2D eigenvalue weighted by Gasteiger charge is 2.30. The van der Waals surface area contributed by atoms with Crippen molar-refractivity contribution in [3.8, 4) is 5.75 Å². The van der Waals surface area contributed by atoms with Crippen molar-refractivity contribution >= 4 is 50.7 Å². The highest BCUT2D eigenvalue weighted by molar-refractivity contribution is 7.90. The maximum absolute atomic E-state index is 12.5. The van der Waals surface area contributed by atoms with Crippen LogP contribution in [0.15, 0.2) is 23.1 Å². The van der Waals surface area contributed by atoms with Crippen LogP contribution in [0.1, 0.15) is 23.8 Å². The molecule has 7 nitrogen and oxygen atoms in total. The summed E-state index contributed by atoms with van der Waals surface area (Å²) in [6.07, 6.45) is -5.77. The Balaban J connectivity index is 2.29. The molecule has 1 aromatic heterocycles. The first kappa shape index (κ1) is 23.6. The van der Waals surface area contributed by atoms with Crippen LogP contribution in [0.25, 0.3) is 0 Å². The van der Waals surface area contributed by atoms with Gasteiger partial charge in [0.1, 0.15) is 15.8 Å². The van der Waals surface area contributed by atoms with Crippen LogP contribution in [0.4, 0.5) is 13.2 Å². The van der Waals surface area contributed by atoms with Crippen molar-refractivity contribution in [2.45, 2.75) is 31.0 Å². The van der Waals surface area contributed by atoms with Crippen LogP contribution in [0.2, 0.25) is 15.5 Å². The highest BCUT2D eigenvalue weighted by Crippen LogP contribution is 2.28. The topological polar surface area (TPSA) is 90.3 Å². The van der Waals surface area contributed by atoms with Crippen LogP contribution in [0.3, 0.4) is 0 Å². The molecule has 1 aromatic carbocycles. The van der Waals surface area contributed by atoms with Crippen molar-refractivity contribution in [3.05, 3.63) is 39.4 Å². The van der Waals surface area contributed by atoms with E-state index in [4.69, 9.17) is 39.5 Å². The summed E-state index contributed by atoms with van der Waals surface area (Å²) < 4.78 is 69.9. The van der Waals surface area contributed by atoms with Gasteiger partial charge in [-0.2, -0.15) is 13.2 Å². The number of carbonyl (C=O) groups excluding carboxylic acids is 1. The summed E-state index contributed by atoms with van der Waals surface area (Å²) in [6.45, 7) is 1.25. The van der Waals surface area contributed by atoms with Crippen LogP contribution in [0, 0.1) is 0 Å². The van der Waals surface area contributed by atoms with Gasteiger partial charge in [0.2, 0.25) is 5.28 Å². The Morgan fingerprint density at radius 1 is 1.28 bits per heavy atom. The standard InChI is InChI=1S/C15H13Cl3F3N3O4S/c1-2-28-8-3-4-9(16)10(7-8)29(26,27)23-13(25)11-12(17)24(14(18)22-11)6-5-15(19,20)21/h3-4,7H,2,5-6H2,1H3,(H,23,25). The number of hydrogen-bond donors (Lipinski definition) is 1. The monoisotopic (exact) mass is 493 g/mol. The molecule has 0 unspecified atom stereocenters. The number of nitrogens with one attached hydrogen (secondary N) is 1. The minimum Gasteiger partial charge on any atom is -0.494 e. The number of halogens is 6. The SMILES string of the molecule is CCOc1ccc(Cl)c(S(=O)(=O)NC(=O)c2nc(Cl)n(CCC(F)(F)F)c2Cl)c1. The zero-order valence-corrected chi connectivity index (χ0v) is 17.6. The normalized spacial score (nSPS) is 12.1. The van der Waals surface area contributed by atoms with Crippen LogP contribution in [-0.4, -0.2) is 36.7 Å². The molecule has 29 heavy (non-hydrogen) atoms. The smallest absolute Gasteiger partial charge is 0.390 e. The predicted molar refractivity (Wildman–Crippen MR) is 100 cm³/mol. The van der Waals surface area contributed by atoms with Gasteiger partial charge in [-0.1, -0.05) is 23.2 Å². The summed E-state index contributed by atoms with van der Waals surface area (Å²) in [5.41, 5.74) is -0.653. The minimum absolute atomic E-state index is 0.186. The maximum Gasteiger partial charge on any atom is 0.390 e. The molecule has 0 aliphatic carbocycles. The first-order chi connectivity index (χ1) is 13.4. The summed E-state index contributed by atoms with van der Waals surface area (Å²) in [7, 11) is -4.48. The van der Waals surface area contributed by atoms with Gasteiger partial charge in [0.05, 0.1) is 18.1 Å². The number of amides is 1. The number of nitrogens with zero attached hydrogens (tertiary/aromatic N) is 2. The molecule has 0 atom stereocenters. The third-order valence-electron chi connectivity index (χ3n) is 3.42. The van der Waals surface area contributed by atoms with E-state index in [1.807, 2.05) is 0 Å². The van der Waals surface area contributed by atoms with Gasteiger partial charge in [-0.05, 0) is 30.7 Å². The van der Waals surface area contributed by atoms with E-state index in [1.54, 1.807) is 11.6 Å². The van der Waals surface area contributed by atoms with Crippen LogP contribution in [0.5, 0.6) is 5.75 Å². The minimum atomic E-state index is -4.50. The van der Waals surface area contributed by atoms with E-state index in [2.05, 4.69) is 4.98 Å². The molecule has 0 aliphatic rings. The van der Waals surface area contributed by atoms with E-state index < -0.39 is 56.1 Å². The molecule has 1 N–H and O–H groups in total. The lowest BCUT2D eigenvalue weighted by atomic mass is 10.3. The molecule has 0 saturated carbocycles. The second-order valence-electron chi connectivity index (χ2n) is 5.50. The maximum atomic E-state index is 12.5. The third-order valence-corrected chi connectivity index (χ3v) is 5.91. The molecule has 1 heterocycles. The zero-order chi connectivity index (χ0) is 22.0. The molecule has 0 bridgehead atoms. The van der Waals surface area contributed by atoms with E-state index in [-0.39, 0.29) is 17.4 Å². The number of aromatic nitrogens is 2. The predicted octanol–water partition coefficient (Wildman–Crippen LogP) is 4.31. The average Bonchev–Trinajstić information content (AvgIpc) is 2.88. The second-order valence-corrected chi connectivity index (χ2v) is 8.25. The summed E-state index contributed by atoms with van der Waals surface area (Å²) in [5, 5.41) is -1.23. The van der Waals surface area contributed by atoms with Crippen molar-refractivity contribution in [2.24, 2.45) is 0 Å². The van der Waals surface area contributed by atoms with Gasteiger partial charge < -0.3 is 9.30 Å². The Labute approximate surface area is 178 Å². The number of alkyl halides is 3. The van der Waals surface area contributed by atoms with E-state index in [0.29, 0.717) is 0 Å². The quantitative estimate of drug-likeness (QED) is 0.619. The fourth-order valence-corrected chi connectivity index (χ4v) is 4.21. The Morgan fingerprint density at radius 2 is 1.93 bits per heavy atom. The fourth-order valence-electron chi connectivity index (χ4n) is 2.15. The van der Waals surface area contributed by atoms with Crippen molar-refractivity contribution < 1.29 is 31.1 Å². The molecular formula is C15H13Cl3F3N3O4S. The summed E-state index contributed by atoms with van der Waals surface area (Å²) >= 11 is 17.5. The highest BCUT2D eigenvalue weighted by atomic mass is 35.5. The first-order valence-corrected chi connectivity index (χ1v) is 10.4. The number of ether oxygens (including phenoxy) is 1. The molecule has 0 spiro atoms. The van der Waals surface area contributed by atoms with Crippen molar-refractivity contribution in [1.82, 2.24) is 14.3 Å². The lowest BCUT2D eigenvalue weighted by Gasteiger charge is -2.10. The molecule has 160 valence electrons. The summed E-state index contributed by atoms with van der Waals surface area (Å²) in [6, 6.07) is 3.81. The lowest BCUT2D eigenvalue weighted by molar-refractivity contribution is -0.136. The average molecular weight is 495 g/mol. The number of imidazole rings is 1. The summed E-state index contributed by atoms with van der Waals surface area (Å²) in [5.74, 6) is -1.09. The molecule has 0 radical (unpaired) electrons. The van der Waals surface area contributed by atoms with E-state index >= 15 is 0 Å². The molecule has 0 saturated heterocycles. The van der Waals surface area contributed by atoms with Crippen LogP contribution in [-0.2, 0) is 16.6 Å². The van der Waals surface area contributed by atoms with Gasteiger partial charge >= 0.3 is 6.18 Å². The number of sulfonamides is 1. The molecule has 1 amide bonds. The van der Waals surface area contributed by atoms with E-state index in [0.717, 1.165) is 10.6 Å². The Kier molecular flexibility index (Phi) is 7.31. The molecule has 14 heteroatoms. The first-order valence-electron chi connectivity index (χ1n) is 7.83. The Morgan fingerprint density at radius 3 is 2.52 bits per heavy atom. The van der Waals surface area contributed by atoms with Crippen LogP contribution >= 0.6 is 34.8 Å². The zero-order valence-electron chi connectivity index (χ0n) is 14.6. The van der Waals surface area contributed by atoms with Gasteiger partial charge in [-0.15, -0.1) is 0 Å². The van der Waals surface area contributed by atoms with Gasteiger partial charge in [0, 0.05) is 12.6 Å². The fraction of sp³-hybridized carbons (Fsp3) is 0.333. The number of rotatable bonds is 7. The van der Waals surface area contributed by atoms with E-state index in [9.17, 15) is 26.4 Å². The molecule has 0 fully saturated rings. The molecular weight excluding hydrogens is 482 g/mol. The van der Waals surface area contributed by atoms with Gasteiger partial charge in [0.25, 0.3) is 15.9 Å². The van der Waals surface area contributed by atoms with Crippen molar-refractivity contribution in [1.29, 1.82) is 0 Å². The summed E-state index contributed by atoms with van der Waals surface area (Å²) in [4.78, 5) is 15.4. The molecule has 0 aliphatic heterocycles. The third kappa shape index (κ3) is 5.91. The van der Waals surface area contributed by atoms with E-state index in [1.165, 1.54) is 12.1 Å². The molecule has 2 rings (SSSR count). The van der Waals surface area contributed by atoms with Crippen LogP contribution < -0.4 is 9.46 Å². The Bertz CT molecular complexity index is 1030. The number of carbonyl (C=O) groups is 1. The number of benzene rings is 1. The van der Waals surface area contributed by atoms with Gasteiger partial charge in [-0.25, -0.2) is 18.1 Å². The largest absolute Gasteiger partial charge is 0.494 e. The van der Waals surface area contributed by atoms with Gasteiger partial charge in [0.15, 0.2) is 5.69 Å². The van der Waals surface area contributed by atoms with Crippen molar-refractivity contribution in [2.75, 3.05) is 6.61 Å². The second kappa shape index (κ2) is 8.99. The number of hydrogen-bond acceptors (Lipinski definition) is 5. The Hall–Kier alpha value is -1.69. The van der Waals surface area contributed by atoms with Crippen molar-refractivity contribution in [3.63, 3.8) is 0 Å². The lowest BCUT2D eigenvalue weighted by Crippen LogP contribution is -2.31.